The summed E-state index contributed by atoms with van der Waals surface area (Å²) in [6, 6.07) is 5.34. The molecule has 0 saturated carbocycles. The van der Waals surface area contributed by atoms with Crippen molar-refractivity contribution in [1.29, 1.82) is 0 Å². The Kier molecular flexibility index (Phi) is 7.55. The predicted octanol–water partition coefficient (Wildman–Crippen LogP) is 3.86. The maximum absolute atomic E-state index is 14.7. The van der Waals surface area contributed by atoms with E-state index in [1.54, 1.807) is 0 Å². The van der Waals surface area contributed by atoms with Gasteiger partial charge in [0, 0.05) is 24.0 Å². The number of piperidine rings is 1. The SMILES string of the molecule is Cc1cc(CO[C@H]2CCCN(C(C)c3nc4c(cc3F)OCCO4)C2)cc(C)n1.S. The van der Waals surface area contributed by atoms with E-state index in [9.17, 15) is 4.39 Å². The fourth-order valence-corrected chi connectivity index (χ4v) is 4.10. The standard InChI is InChI=1S/C22H28FN3O3.H2S/c1-14-9-17(10-15(2)24-14)13-29-18-5-4-6-26(12-18)16(3)21-19(23)11-20-22(25-21)28-8-7-27-20;/h9-11,16,18H,4-8,12-13H2,1-3H3;1H2/t16?,18-;/m0./s1. The summed E-state index contributed by atoms with van der Waals surface area (Å²) in [4.78, 5) is 11.1. The first-order chi connectivity index (χ1) is 14.0. The number of aryl methyl sites for hydroxylation is 2. The minimum Gasteiger partial charge on any atom is -0.484 e. The fraction of sp³-hybridized carbons (Fsp3) is 0.545. The van der Waals surface area contributed by atoms with Crippen molar-refractivity contribution in [3.63, 3.8) is 0 Å². The third-order valence-corrected chi connectivity index (χ3v) is 5.49. The first kappa shape index (κ1) is 22.8. The highest BCUT2D eigenvalue weighted by molar-refractivity contribution is 7.59. The normalized spacial score (nSPS) is 19.8. The van der Waals surface area contributed by atoms with Crippen LogP contribution in [0.3, 0.4) is 0 Å². The van der Waals surface area contributed by atoms with Crippen molar-refractivity contribution >= 4 is 13.5 Å². The monoisotopic (exact) mass is 435 g/mol. The lowest BCUT2D eigenvalue weighted by atomic mass is 10.0. The first-order valence-corrected chi connectivity index (χ1v) is 10.3. The van der Waals surface area contributed by atoms with Gasteiger partial charge in [0.2, 0.25) is 0 Å². The number of rotatable bonds is 5. The molecule has 4 rings (SSSR count). The maximum atomic E-state index is 14.7. The molecule has 0 aromatic carbocycles. The zero-order valence-corrected chi connectivity index (χ0v) is 18.8. The van der Waals surface area contributed by atoms with Crippen LogP contribution in [0, 0.1) is 19.7 Å². The molecule has 1 fully saturated rings. The molecule has 2 aromatic rings. The van der Waals surface area contributed by atoms with Gasteiger partial charge in [-0.2, -0.15) is 13.5 Å². The Hall–Kier alpha value is -1.90. The number of ether oxygens (including phenoxy) is 3. The molecule has 6 nitrogen and oxygen atoms in total. The molecule has 0 bridgehead atoms. The average molecular weight is 436 g/mol. The highest BCUT2D eigenvalue weighted by Crippen LogP contribution is 2.34. The number of hydrogen-bond donors (Lipinski definition) is 0. The lowest BCUT2D eigenvalue weighted by Crippen LogP contribution is -2.41. The van der Waals surface area contributed by atoms with E-state index in [1.807, 2.05) is 20.8 Å². The number of hydrogen-bond acceptors (Lipinski definition) is 6. The van der Waals surface area contributed by atoms with Gasteiger partial charge in [-0.05, 0) is 57.9 Å². The van der Waals surface area contributed by atoms with Crippen molar-refractivity contribution < 1.29 is 18.6 Å². The van der Waals surface area contributed by atoms with Crippen molar-refractivity contribution in [2.24, 2.45) is 0 Å². The van der Waals surface area contributed by atoms with Crippen molar-refractivity contribution in [2.45, 2.75) is 52.4 Å². The second-order valence-electron chi connectivity index (χ2n) is 7.86. The van der Waals surface area contributed by atoms with Crippen molar-refractivity contribution in [2.75, 3.05) is 26.3 Å². The van der Waals surface area contributed by atoms with Crippen LogP contribution in [0.1, 0.15) is 48.5 Å². The van der Waals surface area contributed by atoms with E-state index in [0.29, 0.717) is 37.1 Å². The Balaban J connectivity index is 0.00000256. The summed E-state index contributed by atoms with van der Waals surface area (Å²) in [6.07, 6.45) is 2.12. The van der Waals surface area contributed by atoms with Crippen molar-refractivity contribution in [3.05, 3.63) is 46.7 Å². The summed E-state index contributed by atoms with van der Waals surface area (Å²) in [7, 11) is 0. The highest BCUT2D eigenvalue weighted by Gasteiger charge is 2.29. The summed E-state index contributed by atoms with van der Waals surface area (Å²) in [6.45, 7) is 9.04. The fourth-order valence-electron chi connectivity index (χ4n) is 4.10. The zero-order valence-electron chi connectivity index (χ0n) is 17.8. The van der Waals surface area contributed by atoms with E-state index in [1.165, 1.54) is 6.07 Å². The van der Waals surface area contributed by atoms with Gasteiger partial charge in [0.25, 0.3) is 5.88 Å². The molecule has 0 N–H and O–H groups in total. The van der Waals surface area contributed by atoms with Gasteiger partial charge in [-0.3, -0.25) is 9.88 Å². The summed E-state index contributed by atoms with van der Waals surface area (Å²) < 4.78 is 31.8. The van der Waals surface area contributed by atoms with E-state index >= 15 is 0 Å². The Morgan fingerprint density at radius 1 is 1.17 bits per heavy atom. The molecule has 2 aromatic heterocycles. The molecule has 0 aliphatic carbocycles. The lowest BCUT2D eigenvalue weighted by Gasteiger charge is -2.36. The van der Waals surface area contributed by atoms with Crippen LogP contribution in [-0.2, 0) is 11.3 Å². The molecule has 164 valence electrons. The molecule has 2 aliphatic rings. The third-order valence-electron chi connectivity index (χ3n) is 5.49. The molecular formula is C22H30FN3O3S. The van der Waals surface area contributed by atoms with Crippen LogP contribution in [0.25, 0.3) is 0 Å². The number of fused-ring (bicyclic) bond motifs is 1. The minimum atomic E-state index is -0.354. The van der Waals surface area contributed by atoms with Gasteiger partial charge < -0.3 is 14.2 Å². The second-order valence-corrected chi connectivity index (χ2v) is 7.86. The van der Waals surface area contributed by atoms with E-state index < -0.39 is 0 Å². The zero-order chi connectivity index (χ0) is 20.4. The van der Waals surface area contributed by atoms with Crippen LogP contribution in [0.4, 0.5) is 4.39 Å². The Labute approximate surface area is 184 Å². The molecule has 0 spiro atoms. The number of nitrogens with zero attached hydrogens (tertiary/aromatic N) is 3. The molecule has 1 saturated heterocycles. The van der Waals surface area contributed by atoms with Crippen LogP contribution in [0.5, 0.6) is 11.6 Å². The topological polar surface area (TPSA) is 56.7 Å². The summed E-state index contributed by atoms with van der Waals surface area (Å²) in [5, 5.41) is 0. The maximum Gasteiger partial charge on any atom is 0.257 e. The van der Waals surface area contributed by atoms with Crippen molar-refractivity contribution in [3.8, 4) is 11.6 Å². The number of pyridine rings is 2. The minimum absolute atomic E-state index is 0. The highest BCUT2D eigenvalue weighted by atomic mass is 32.1. The van der Waals surface area contributed by atoms with E-state index in [4.69, 9.17) is 14.2 Å². The van der Waals surface area contributed by atoms with Crippen LogP contribution in [-0.4, -0.2) is 47.3 Å². The van der Waals surface area contributed by atoms with Crippen LogP contribution >= 0.6 is 13.5 Å². The average Bonchev–Trinajstić information content (AvgIpc) is 2.71. The van der Waals surface area contributed by atoms with Crippen LogP contribution < -0.4 is 9.47 Å². The lowest BCUT2D eigenvalue weighted by molar-refractivity contribution is -0.0208. The Morgan fingerprint density at radius 2 is 1.90 bits per heavy atom. The van der Waals surface area contributed by atoms with Gasteiger partial charge in [0.05, 0.1) is 24.4 Å². The molecule has 2 atom stereocenters. The van der Waals surface area contributed by atoms with E-state index in [-0.39, 0.29) is 31.5 Å². The van der Waals surface area contributed by atoms with Gasteiger partial charge in [-0.25, -0.2) is 9.37 Å². The van der Waals surface area contributed by atoms with E-state index in [2.05, 4.69) is 27.0 Å². The predicted molar refractivity (Wildman–Crippen MR) is 117 cm³/mol. The van der Waals surface area contributed by atoms with Gasteiger partial charge in [-0.15, -0.1) is 0 Å². The van der Waals surface area contributed by atoms with Gasteiger partial charge in [0.15, 0.2) is 5.75 Å². The molecule has 30 heavy (non-hydrogen) atoms. The number of likely N-dealkylation sites (tertiary alicyclic amines) is 1. The summed E-state index contributed by atoms with van der Waals surface area (Å²) in [5.74, 6) is 0.410. The molecule has 2 aliphatic heterocycles. The van der Waals surface area contributed by atoms with Gasteiger partial charge >= 0.3 is 0 Å². The Bertz CT molecular complexity index is 863. The Morgan fingerprint density at radius 3 is 2.67 bits per heavy atom. The first-order valence-electron chi connectivity index (χ1n) is 10.3. The van der Waals surface area contributed by atoms with Gasteiger partial charge in [-0.1, -0.05) is 0 Å². The number of halogens is 1. The third kappa shape index (κ3) is 5.22. The van der Waals surface area contributed by atoms with Crippen molar-refractivity contribution in [1.82, 2.24) is 14.9 Å². The molecule has 0 amide bonds. The molecule has 4 heterocycles. The van der Waals surface area contributed by atoms with Gasteiger partial charge in [0.1, 0.15) is 19.0 Å². The molecule has 0 radical (unpaired) electrons. The summed E-state index contributed by atoms with van der Waals surface area (Å²) >= 11 is 0. The quantitative estimate of drug-likeness (QED) is 0.711. The number of aromatic nitrogens is 2. The van der Waals surface area contributed by atoms with E-state index in [0.717, 1.165) is 42.9 Å². The smallest absolute Gasteiger partial charge is 0.257 e. The summed E-state index contributed by atoms with van der Waals surface area (Å²) in [5.41, 5.74) is 3.54. The van der Waals surface area contributed by atoms with Crippen LogP contribution in [0.2, 0.25) is 0 Å². The molecular weight excluding hydrogens is 405 g/mol. The molecule has 1 unspecified atom stereocenters. The van der Waals surface area contributed by atoms with Crippen LogP contribution in [0.15, 0.2) is 18.2 Å². The molecule has 8 heteroatoms. The second kappa shape index (κ2) is 9.94. The largest absolute Gasteiger partial charge is 0.484 e.